The zero-order valence-corrected chi connectivity index (χ0v) is 7.23. The Bertz CT molecular complexity index is 204. The minimum absolute atomic E-state index is 0.829. The molecule has 0 bridgehead atoms. The van der Waals surface area contributed by atoms with Crippen molar-refractivity contribution in [3.8, 4) is 0 Å². The normalized spacial score (nSPS) is 17.1. The molecule has 2 rings (SSSR count). The summed E-state index contributed by atoms with van der Waals surface area (Å²) in [6.45, 7) is 1.10. The molecule has 0 spiro atoms. The molecule has 0 aliphatic heterocycles. The number of nitrogens with one attached hydrogen (secondary N) is 1. The summed E-state index contributed by atoms with van der Waals surface area (Å²) in [4.78, 5) is 4.21. The zero-order chi connectivity index (χ0) is 7.52. The Morgan fingerprint density at radius 3 is 3.18 bits per heavy atom. The second kappa shape index (κ2) is 3.32. The minimum Gasteiger partial charge on any atom is -0.314 e. The van der Waals surface area contributed by atoms with Gasteiger partial charge in [-0.2, -0.15) is 0 Å². The van der Waals surface area contributed by atoms with Gasteiger partial charge in [-0.25, -0.2) is 4.98 Å². The molecule has 1 aliphatic carbocycles. The SMILES string of the molecule is c1csc(CCNC2CC2)n1. The van der Waals surface area contributed by atoms with E-state index in [0.29, 0.717) is 0 Å². The van der Waals surface area contributed by atoms with Crippen molar-refractivity contribution in [3.05, 3.63) is 16.6 Å². The summed E-state index contributed by atoms with van der Waals surface area (Å²) in [5, 5.41) is 6.74. The maximum Gasteiger partial charge on any atom is 0.0937 e. The molecule has 1 N–H and O–H groups in total. The van der Waals surface area contributed by atoms with Crippen molar-refractivity contribution in [2.75, 3.05) is 6.54 Å². The molecule has 1 aromatic heterocycles. The van der Waals surface area contributed by atoms with Crippen LogP contribution in [0.4, 0.5) is 0 Å². The predicted octanol–water partition coefficient (Wildman–Crippen LogP) is 1.44. The Labute approximate surface area is 70.7 Å². The van der Waals surface area contributed by atoms with Gasteiger partial charge in [0.05, 0.1) is 5.01 Å². The minimum atomic E-state index is 0.829. The van der Waals surface area contributed by atoms with Crippen molar-refractivity contribution in [1.29, 1.82) is 0 Å². The quantitative estimate of drug-likeness (QED) is 0.736. The lowest BCUT2D eigenvalue weighted by Gasteiger charge is -1.98. The monoisotopic (exact) mass is 168 g/mol. The van der Waals surface area contributed by atoms with Crippen LogP contribution in [0.3, 0.4) is 0 Å². The lowest BCUT2D eigenvalue weighted by Crippen LogP contribution is -2.19. The van der Waals surface area contributed by atoms with E-state index in [9.17, 15) is 0 Å². The lowest BCUT2D eigenvalue weighted by molar-refractivity contribution is 0.680. The third-order valence-electron chi connectivity index (χ3n) is 1.83. The summed E-state index contributed by atoms with van der Waals surface area (Å²) in [5.41, 5.74) is 0. The number of hydrogen-bond donors (Lipinski definition) is 1. The Kier molecular flexibility index (Phi) is 2.19. The summed E-state index contributed by atoms with van der Waals surface area (Å²) in [6.07, 6.45) is 5.71. The van der Waals surface area contributed by atoms with E-state index >= 15 is 0 Å². The molecule has 3 heteroatoms. The molecule has 1 aromatic rings. The Balaban J connectivity index is 1.66. The maximum atomic E-state index is 4.21. The molecule has 1 heterocycles. The van der Waals surface area contributed by atoms with Gasteiger partial charge < -0.3 is 5.32 Å². The van der Waals surface area contributed by atoms with Crippen LogP contribution >= 0.6 is 11.3 Å². The lowest BCUT2D eigenvalue weighted by atomic mass is 10.4. The summed E-state index contributed by atoms with van der Waals surface area (Å²) < 4.78 is 0. The zero-order valence-electron chi connectivity index (χ0n) is 6.42. The van der Waals surface area contributed by atoms with Gasteiger partial charge in [0.1, 0.15) is 0 Å². The Morgan fingerprint density at radius 1 is 1.64 bits per heavy atom. The van der Waals surface area contributed by atoms with Gasteiger partial charge in [-0.05, 0) is 12.8 Å². The van der Waals surface area contributed by atoms with Gasteiger partial charge in [-0.1, -0.05) is 0 Å². The maximum absolute atomic E-state index is 4.21. The summed E-state index contributed by atoms with van der Waals surface area (Å²) >= 11 is 1.74. The molecule has 0 amide bonds. The van der Waals surface area contributed by atoms with Crippen LogP contribution in [0.2, 0.25) is 0 Å². The van der Waals surface area contributed by atoms with Crippen LogP contribution in [0.15, 0.2) is 11.6 Å². The van der Waals surface area contributed by atoms with Gasteiger partial charge in [0.15, 0.2) is 0 Å². The third kappa shape index (κ3) is 2.27. The smallest absolute Gasteiger partial charge is 0.0937 e. The number of thiazole rings is 1. The summed E-state index contributed by atoms with van der Waals surface area (Å²) in [6, 6.07) is 0.829. The molecule has 11 heavy (non-hydrogen) atoms. The highest BCUT2D eigenvalue weighted by Gasteiger charge is 2.19. The first-order valence-corrected chi connectivity index (χ1v) is 4.95. The van der Waals surface area contributed by atoms with Crippen molar-refractivity contribution >= 4 is 11.3 Å². The van der Waals surface area contributed by atoms with Crippen molar-refractivity contribution in [3.63, 3.8) is 0 Å². The van der Waals surface area contributed by atoms with Gasteiger partial charge in [0.2, 0.25) is 0 Å². The highest BCUT2D eigenvalue weighted by atomic mass is 32.1. The van der Waals surface area contributed by atoms with E-state index in [1.54, 1.807) is 11.3 Å². The molecule has 60 valence electrons. The van der Waals surface area contributed by atoms with Crippen LogP contribution in [0, 0.1) is 0 Å². The molecular formula is C8H12N2S. The molecule has 0 radical (unpaired) electrons. The fraction of sp³-hybridized carbons (Fsp3) is 0.625. The molecule has 0 saturated heterocycles. The second-order valence-electron chi connectivity index (χ2n) is 2.90. The predicted molar refractivity (Wildman–Crippen MR) is 46.8 cm³/mol. The number of nitrogens with zero attached hydrogens (tertiary/aromatic N) is 1. The van der Waals surface area contributed by atoms with Gasteiger partial charge in [-0.15, -0.1) is 11.3 Å². The molecule has 0 aromatic carbocycles. The third-order valence-corrected chi connectivity index (χ3v) is 2.67. The number of aromatic nitrogens is 1. The molecule has 1 saturated carbocycles. The van der Waals surface area contributed by atoms with Crippen LogP contribution in [-0.2, 0) is 6.42 Å². The Hall–Kier alpha value is -0.410. The van der Waals surface area contributed by atoms with Crippen molar-refractivity contribution < 1.29 is 0 Å². The molecule has 2 nitrogen and oxygen atoms in total. The first kappa shape index (κ1) is 7.25. The van der Waals surface area contributed by atoms with E-state index in [4.69, 9.17) is 0 Å². The van der Waals surface area contributed by atoms with Crippen molar-refractivity contribution in [2.45, 2.75) is 25.3 Å². The number of rotatable bonds is 4. The van der Waals surface area contributed by atoms with Gasteiger partial charge >= 0.3 is 0 Å². The molecular weight excluding hydrogens is 156 g/mol. The average molecular weight is 168 g/mol. The molecule has 0 unspecified atom stereocenters. The standard InChI is InChI=1S/C8H12N2S/c1-2-7(1)9-4-3-8-10-5-6-11-8/h5-7,9H,1-4H2. The largest absolute Gasteiger partial charge is 0.314 e. The molecule has 0 atom stereocenters. The summed E-state index contributed by atoms with van der Waals surface area (Å²) in [7, 11) is 0. The van der Waals surface area contributed by atoms with E-state index < -0.39 is 0 Å². The second-order valence-corrected chi connectivity index (χ2v) is 3.88. The molecule has 1 aliphatic rings. The van der Waals surface area contributed by atoms with Crippen LogP contribution < -0.4 is 5.32 Å². The molecule has 1 fully saturated rings. The fourth-order valence-electron chi connectivity index (χ4n) is 1.05. The van der Waals surface area contributed by atoms with Crippen molar-refractivity contribution in [2.24, 2.45) is 0 Å². The first-order chi connectivity index (χ1) is 5.45. The van der Waals surface area contributed by atoms with E-state index in [1.165, 1.54) is 17.8 Å². The van der Waals surface area contributed by atoms with Gasteiger partial charge in [0.25, 0.3) is 0 Å². The van der Waals surface area contributed by atoms with Crippen LogP contribution in [-0.4, -0.2) is 17.6 Å². The van der Waals surface area contributed by atoms with Gasteiger partial charge in [0, 0.05) is 30.6 Å². The highest BCUT2D eigenvalue weighted by Crippen LogP contribution is 2.18. The van der Waals surface area contributed by atoms with E-state index in [0.717, 1.165) is 19.0 Å². The van der Waals surface area contributed by atoms with E-state index in [2.05, 4.69) is 10.3 Å². The number of hydrogen-bond acceptors (Lipinski definition) is 3. The Morgan fingerprint density at radius 2 is 2.55 bits per heavy atom. The van der Waals surface area contributed by atoms with Crippen LogP contribution in [0.5, 0.6) is 0 Å². The van der Waals surface area contributed by atoms with Crippen LogP contribution in [0.25, 0.3) is 0 Å². The van der Waals surface area contributed by atoms with Crippen molar-refractivity contribution in [1.82, 2.24) is 10.3 Å². The first-order valence-electron chi connectivity index (χ1n) is 4.07. The van der Waals surface area contributed by atoms with Gasteiger partial charge in [-0.3, -0.25) is 0 Å². The summed E-state index contributed by atoms with van der Waals surface area (Å²) in [5.74, 6) is 0. The highest BCUT2D eigenvalue weighted by molar-refractivity contribution is 7.09. The van der Waals surface area contributed by atoms with Crippen LogP contribution in [0.1, 0.15) is 17.8 Å². The average Bonchev–Trinajstić information content (AvgIpc) is 2.66. The fourth-order valence-corrected chi connectivity index (χ4v) is 1.67. The van der Waals surface area contributed by atoms with E-state index in [1.807, 2.05) is 11.6 Å². The topological polar surface area (TPSA) is 24.9 Å². The van der Waals surface area contributed by atoms with E-state index in [-0.39, 0.29) is 0 Å².